The van der Waals surface area contributed by atoms with Crippen molar-refractivity contribution < 1.29 is 23.1 Å². The Hall–Kier alpha value is -0.749. The van der Waals surface area contributed by atoms with E-state index in [1.807, 2.05) is 6.92 Å². The summed E-state index contributed by atoms with van der Waals surface area (Å²) in [5.41, 5.74) is 0.658. The van der Waals surface area contributed by atoms with E-state index < -0.39 is 25.4 Å². The average molecular weight is 560 g/mol. The Morgan fingerprint density at radius 3 is 2.00 bits per heavy atom. The number of carbonyl (C=O) groups excluding carboxylic acids is 1. The molecule has 0 fully saturated rings. The van der Waals surface area contributed by atoms with Gasteiger partial charge in [0.1, 0.15) is 0 Å². The Kier molecular flexibility index (Phi) is 15.3. The average Bonchev–Trinajstić information content (AvgIpc) is 2.80. The van der Waals surface area contributed by atoms with Crippen LogP contribution in [-0.2, 0) is 23.1 Å². The minimum absolute atomic E-state index is 0.114. The molecule has 0 aromatic heterocycles. The molecule has 0 saturated heterocycles. The zero-order valence-corrected chi connectivity index (χ0v) is 28.6. The smallest absolute Gasteiger partial charge is 0.305 e. The first-order valence-electron chi connectivity index (χ1n) is 13.9. The number of hydrogen-bond donors (Lipinski definition) is 1. The van der Waals surface area contributed by atoms with E-state index in [0.717, 1.165) is 44.2 Å². The van der Waals surface area contributed by atoms with Crippen LogP contribution in [0.2, 0.25) is 44.8 Å². The van der Waals surface area contributed by atoms with Crippen molar-refractivity contribution in [1.82, 2.24) is 0 Å². The SMILES string of the molecule is C=C(C)C(=N)OCCC[SiH](C)OC(C)(CC)[Si](C)(C)OC(C)(CC)[Si](C)(C)CCCCOC(=O)CC. The second-order valence-electron chi connectivity index (χ2n) is 11.7. The molecule has 212 valence electrons. The Balaban J connectivity index is 5.16. The van der Waals surface area contributed by atoms with Gasteiger partial charge in [-0.05, 0) is 72.1 Å². The van der Waals surface area contributed by atoms with Crippen LogP contribution in [0.3, 0.4) is 0 Å². The third-order valence-electron chi connectivity index (χ3n) is 8.13. The molecule has 0 aromatic carbocycles. The summed E-state index contributed by atoms with van der Waals surface area (Å²) >= 11 is 0. The lowest BCUT2D eigenvalue weighted by atomic mass is 10.3. The number of esters is 1. The van der Waals surface area contributed by atoms with Crippen molar-refractivity contribution in [1.29, 1.82) is 5.41 Å². The van der Waals surface area contributed by atoms with Crippen LogP contribution in [0.1, 0.15) is 80.1 Å². The summed E-state index contributed by atoms with van der Waals surface area (Å²) in [4.78, 5) is 11.4. The minimum atomic E-state index is -2.24. The van der Waals surface area contributed by atoms with Gasteiger partial charge in [0.05, 0.1) is 26.5 Å². The number of hydrogen-bond acceptors (Lipinski definition) is 6. The Morgan fingerprint density at radius 2 is 1.50 bits per heavy atom. The fourth-order valence-electron chi connectivity index (χ4n) is 4.40. The van der Waals surface area contributed by atoms with Crippen molar-refractivity contribution in [2.24, 2.45) is 0 Å². The molecule has 0 aliphatic rings. The monoisotopic (exact) mass is 559 g/mol. The van der Waals surface area contributed by atoms with E-state index in [2.05, 4.69) is 67.0 Å². The van der Waals surface area contributed by atoms with Gasteiger partial charge in [-0.2, -0.15) is 0 Å². The van der Waals surface area contributed by atoms with Crippen molar-refractivity contribution in [3.05, 3.63) is 12.2 Å². The van der Waals surface area contributed by atoms with Crippen LogP contribution in [0.25, 0.3) is 0 Å². The number of rotatable bonds is 19. The molecular formula is C27H57NO5Si3. The van der Waals surface area contributed by atoms with Gasteiger partial charge >= 0.3 is 5.97 Å². The molecule has 0 heterocycles. The van der Waals surface area contributed by atoms with Gasteiger partial charge in [-0.15, -0.1) is 0 Å². The lowest BCUT2D eigenvalue weighted by Crippen LogP contribution is -2.66. The zero-order valence-electron chi connectivity index (χ0n) is 25.4. The van der Waals surface area contributed by atoms with Crippen LogP contribution in [0.5, 0.6) is 0 Å². The predicted molar refractivity (Wildman–Crippen MR) is 161 cm³/mol. The maximum absolute atomic E-state index is 11.4. The summed E-state index contributed by atoms with van der Waals surface area (Å²) in [6.07, 6.45) is 5.24. The maximum atomic E-state index is 11.4. The minimum Gasteiger partial charge on any atom is -0.478 e. The van der Waals surface area contributed by atoms with Gasteiger partial charge in [0, 0.05) is 17.2 Å². The third-order valence-corrected chi connectivity index (χ3v) is 19.6. The van der Waals surface area contributed by atoms with E-state index in [1.165, 1.54) is 0 Å². The molecule has 6 nitrogen and oxygen atoms in total. The molecule has 0 saturated carbocycles. The van der Waals surface area contributed by atoms with Crippen molar-refractivity contribution in [2.75, 3.05) is 13.2 Å². The lowest BCUT2D eigenvalue weighted by Gasteiger charge is -2.52. The summed E-state index contributed by atoms with van der Waals surface area (Å²) < 4.78 is 24.9. The van der Waals surface area contributed by atoms with Gasteiger partial charge in [0.25, 0.3) is 0 Å². The molecule has 0 spiro atoms. The van der Waals surface area contributed by atoms with Crippen LogP contribution in [0.15, 0.2) is 12.2 Å². The van der Waals surface area contributed by atoms with E-state index in [4.69, 9.17) is 23.7 Å². The van der Waals surface area contributed by atoms with Gasteiger partial charge in [0.2, 0.25) is 14.2 Å². The highest BCUT2D eigenvalue weighted by molar-refractivity contribution is 6.82. The summed E-state index contributed by atoms with van der Waals surface area (Å²) in [5, 5.41) is 7.37. The number of nitrogens with one attached hydrogen (secondary N) is 1. The molecule has 0 bridgehead atoms. The van der Waals surface area contributed by atoms with Gasteiger partial charge in [-0.25, -0.2) is 0 Å². The van der Waals surface area contributed by atoms with Gasteiger partial charge in [0.15, 0.2) is 9.04 Å². The first kappa shape index (κ1) is 35.3. The topological polar surface area (TPSA) is 77.8 Å². The first-order valence-corrected chi connectivity index (χ1v) is 22.5. The van der Waals surface area contributed by atoms with E-state index in [-0.39, 0.29) is 22.3 Å². The molecular weight excluding hydrogens is 503 g/mol. The summed E-state index contributed by atoms with van der Waals surface area (Å²) in [6, 6.07) is 2.16. The molecule has 0 aromatic rings. The highest BCUT2D eigenvalue weighted by Gasteiger charge is 2.52. The molecule has 0 amide bonds. The Labute approximate surface area is 226 Å². The van der Waals surface area contributed by atoms with Crippen LogP contribution >= 0.6 is 0 Å². The molecule has 0 aliphatic carbocycles. The van der Waals surface area contributed by atoms with Crippen LogP contribution in [0.4, 0.5) is 0 Å². The Bertz CT molecular complexity index is 716. The summed E-state index contributed by atoms with van der Waals surface area (Å²) in [6.45, 7) is 29.3. The van der Waals surface area contributed by atoms with Gasteiger partial charge in [-0.1, -0.05) is 52.9 Å². The number of ether oxygens (including phenoxy) is 2. The van der Waals surface area contributed by atoms with Crippen molar-refractivity contribution >= 4 is 37.3 Å². The van der Waals surface area contributed by atoms with Crippen LogP contribution < -0.4 is 0 Å². The molecule has 0 rings (SSSR count). The fraction of sp³-hybridized carbons (Fsp3) is 0.852. The van der Waals surface area contributed by atoms with Crippen molar-refractivity contribution in [3.8, 4) is 0 Å². The predicted octanol–water partition coefficient (Wildman–Crippen LogP) is 7.40. The molecule has 3 atom stereocenters. The molecule has 9 heteroatoms. The lowest BCUT2D eigenvalue weighted by molar-refractivity contribution is -0.143. The zero-order chi connectivity index (χ0) is 28.2. The van der Waals surface area contributed by atoms with Crippen LogP contribution in [-0.4, -0.2) is 61.0 Å². The first-order chi connectivity index (χ1) is 16.5. The fourth-order valence-corrected chi connectivity index (χ4v) is 14.9. The van der Waals surface area contributed by atoms with E-state index >= 15 is 0 Å². The second kappa shape index (κ2) is 15.6. The van der Waals surface area contributed by atoms with Crippen molar-refractivity contribution in [3.63, 3.8) is 0 Å². The molecule has 0 aliphatic heterocycles. The highest BCUT2D eigenvalue weighted by atomic mass is 28.4. The quantitative estimate of drug-likeness (QED) is 0.0586. The van der Waals surface area contributed by atoms with Gasteiger partial charge < -0.3 is 18.3 Å². The highest BCUT2D eigenvalue weighted by Crippen LogP contribution is 2.40. The third kappa shape index (κ3) is 10.9. The standard InChI is InChI=1S/C27H57NO5Si3/c1-13-24(29)30-19-16-17-22-35(9,10)27(7,15-3)33-36(11,12)26(6,14-2)32-34(8)21-18-20-31-25(28)23(4)5/h28,34H,4,13-22H2,1-3,5-12H3. The summed E-state index contributed by atoms with van der Waals surface area (Å²) in [5.74, 6) is 0.0645. The van der Waals surface area contributed by atoms with E-state index in [9.17, 15) is 4.79 Å². The van der Waals surface area contributed by atoms with E-state index in [1.54, 1.807) is 6.92 Å². The maximum Gasteiger partial charge on any atom is 0.305 e. The van der Waals surface area contributed by atoms with Crippen LogP contribution in [0, 0.1) is 5.41 Å². The Morgan fingerprint density at radius 1 is 0.944 bits per heavy atom. The summed E-state index contributed by atoms with van der Waals surface area (Å²) in [7, 11) is -5.42. The normalized spacial score (nSPS) is 16.5. The van der Waals surface area contributed by atoms with Gasteiger partial charge in [-0.3, -0.25) is 10.2 Å². The van der Waals surface area contributed by atoms with E-state index in [0.29, 0.717) is 25.2 Å². The molecule has 3 unspecified atom stereocenters. The second-order valence-corrected chi connectivity index (χ2v) is 23.8. The number of carbonyl (C=O) groups is 1. The molecule has 36 heavy (non-hydrogen) atoms. The molecule has 0 radical (unpaired) electrons. The number of unbranched alkanes of at least 4 members (excludes halogenated alkanes) is 1. The molecule has 1 N–H and O–H groups in total. The van der Waals surface area contributed by atoms with Crippen molar-refractivity contribution in [2.45, 2.75) is 135 Å². The largest absolute Gasteiger partial charge is 0.478 e.